The SMILES string of the molecule is Cc1ccc(CN(C)c2cccc(S(N)(=O)=O)c2N)o1. The highest BCUT2D eigenvalue weighted by molar-refractivity contribution is 7.89. The first-order chi connectivity index (χ1) is 9.29. The van der Waals surface area contributed by atoms with Crippen LogP contribution in [0, 0.1) is 6.92 Å². The van der Waals surface area contributed by atoms with Gasteiger partial charge in [-0.2, -0.15) is 0 Å². The van der Waals surface area contributed by atoms with Crippen molar-refractivity contribution in [3.05, 3.63) is 41.9 Å². The van der Waals surface area contributed by atoms with E-state index in [0.717, 1.165) is 11.5 Å². The van der Waals surface area contributed by atoms with Gasteiger partial charge in [-0.15, -0.1) is 0 Å². The molecule has 4 N–H and O–H groups in total. The number of para-hydroxylation sites is 1. The predicted octanol–water partition coefficient (Wildman–Crippen LogP) is 1.45. The Morgan fingerprint density at radius 1 is 1.25 bits per heavy atom. The van der Waals surface area contributed by atoms with Crippen molar-refractivity contribution >= 4 is 21.4 Å². The second kappa shape index (κ2) is 5.18. The van der Waals surface area contributed by atoms with Crippen LogP contribution in [-0.2, 0) is 16.6 Å². The molecule has 2 rings (SSSR count). The number of furan rings is 1. The topological polar surface area (TPSA) is 103 Å². The number of nitrogens with two attached hydrogens (primary N) is 2. The maximum Gasteiger partial charge on any atom is 0.240 e. The van der Waals surface area contributed by atoms with Crippen molar-refractivity contribution in [1.82, 2.24) is 0 Å². The molecule has 0 bridgehead atoms. The lowest BCUT2D eigenvalue weighted by molar-refractivity contribution is 0.482. The van der Waals surface area contributed by atoms with Crippen molar-refractivity contribution in [2.45, 2.75) is 18.4 Å². The first kappa shape index (κ1) is 14.4. The number of rotatable bonds is 4. The highest BCUT2D eigenvalue weighted by Crippen LogP contribution is 2.29. The largest absolute Gasteiger partial charge is 0.464 e. The van der Waals surface area contributed by atoms with Crippen LogP contribution >= 0.6 is 0 Å². The van der Waals surface area contributed by atoms with Crippen LogP contribution in [0.4, 0.5) is 11.4 Å². The van der Waals surface area contributed by atoms with E-state index in [4.69, 9.17) is 15.3 Å². The zero-order valence-corrected chi connectivity index (χ0v) is 12.1. The van der Waals surface area contributed by atoms with Gasteiger partial charge in [0.15, 0.2) is 0 Å². The lowest BCUT2D eigenvalue weighted by Gasteiger charge is -2.21. The molecule has 0 aliphatic rings. The molecule has 1 aromatic carbocycles. The summed E-state index contributed by atoms with van der Waals surface area (Å²) in [5.74, 6) is 1.59. The fraction of sp³-hybridized carbons (Fsp3) is 0.231. The van der Waals surface area contributed by atoms with Crippen LogP contribution in [0.15, 0.2) is 39.6 Å². The molecular formula is C13H17N3O3S. The molecule has 7 heteroatoms. The van der Waals surface area contributed by atoms with Gasteiger partial charge in [0, 0.05) is 7.05 Å². The average molecular weight is 295 g/mol. The van der Waals surface area contributed by atoms with E-state index in [2.05, 4.69) is 0 Å². The molecule has 0 amide bonds. The van der Waals surface area contributed by atoms with E-state index in [1.54, 1.807) is 19.2 Å². The number of anilines is 2. The monoisotopic (exact) mass is 295 g/mol. The summed E-state index contributed by atoms with van der Waals surface area (Å²) in [7, 11) is -2.03. The Kier molecular flexibility index (Phi) is 3.74. The van der Waals surface area contributed by atoms with Crippen molar-refractivity contribution in [2.24, 2.45) is 5.14 Å². The van der Waals surface area contributed by atoms with Crippen molar-refractivity contribution in [1.29, 1.82) is 0 Å². The predicted molar refractivity (Wildman–Crippen MR) is 77.8 cm³/mol. The molecule has 1 aromatic heterocycles. The number of nitrogen functional groups attached to an aromatic ring is 1. The normalized spacial score (nSPS) is 11.6. The minimum absolute atomic E-state index is 0.0718. The van der Waals surface area contributed by atoms with Gasteiger partial charge in [0.05, 0.1) is 17.9 Å². The summed E-state index contributed by atoms with van der Waals surface area (Å²) in [5, 5.41) is 5.14. The van der Waals surface area contributed by atoms with E-state index in [0.29, 0.717) is 12.2 Å². The van der Waals surface area contributed by atoms with E-state index >= 15 is 0 Å². The number of hydrogen-bond donors (Lipinski definition) is 2. The summed E-state index contributed by atoms with van der Waals surface area (Å²) >= 11 is 0. The van der Waals surface area contributed by atoms with Crippen LogP contribution in [0.25, 0.3) is 0 Å². The number of benzene rings is 1. The van der Waals surface area contributed by atoms with Crippen molar-refractivity contribution in [3.63, 3.8) is 0 Å². The van der Waals surface area contributed by atoms with E-state index < -0.39 is 10.0 Å². The molecule has 0 saturated heterocycles. The van der Waals surface area contributed by atoms with Gasteiger partial charge in [0.2, 0.25) is 10.0 Å². The van der Waals surface area contributed by atoms with E-state index in [1.165, 1.54) is 6.07 Å². The fourth-order valence-corrected chi connectivity index (χ4v) is 2.68. The summed E-state index contributed by atoms with van der Waals surface area (Å²) in [5.41, 5.74) is 6.63. The summed E-state index contributed by atoms with van der Waals surface area (Å²) in [6, 6.07) is 8.47. The summed E-state index contributed by atoms with van der Waals surface area (Å²) < 4.78 is 28.4. The van der Waals surface area contributed by atoms with Gasteiger partial charge in [0.25, 0.3) is 0 Å². The Hall–Kier alpha value is -1.99. The third-order valence-corrected chi connectivity index (χ3v) is 3.92. The zero-order chi connectivity index (χ0) is 14.9. The second-order valence-electron chi connectivity index (χ2n) is 4.60. The Morgan fingerprint density at radius 2 is 1.95 bits per heavy atom. The number of nitrogens with zero attached hydrogens (tertiary/aromatic N) is 1. The van der Waals surface area contributed by atoms with Crippen molar-refractivity contribution in [3.8, 4) is 0 Å². The molecule has 0 atom stereocenters. The first-order valence-corrected chi connectivity index (χ1v) is 7.51. The number of sulfonamides is 1. The Morgan fingerprint density at radius 3 is 2.50 bits per heavy atom. The fourth-order valence-electron chi connectivity index (χ4n) is 2.00. The third kappa shape index (κ3) is 2.94. The van der Waals surface area contributed by atoms with Gasteiger partial charge in [-0.1, -0.05) is 6.07 Å². The Bertz CT molecular complexity index is 722. The van der Waals surface area contributed by atoms with Crippen LogP contribution < -0.4 is 15.8 Å². The highest BCUT2D eigenvalue weighted by atomic mass is 32.2. The smallest absolute Gasteiger partial charge is 0.240 e. The molecule has 0 aliphatic heterocycles. The van der Waals surface area contributed by atoms with Crippen LogP contribution in [0.1, 0.15) is 11.5 Å². The molecule has 0 unspecified atom stereocenters. The van der Waals surface area contributed by atoms with Gasteiger partial charge in [-0.25, -0.2) is 13.6 Å². The molecule has 0 aliphatic carbocycles. The van der Waals surface area contributed by atoms with Gasteiger partial charge >= 0.3 is 0 Å². The lowest BCUT2D eigenvalue weighted by Crippen LogP contribution is -2.20. The Labute approximate surface area is 118 Å². The van der Waals surface area contributed by atoms with Crippen LogP contribution in [0.5, 0.6) is 0 Å². The molecule has 1 heterocycles. The number of hydrogen-bond acceptors (Lipinski definition) is 5. The van der Waals surface area contributed by atoms with E-state index in [1.807, 2.05) is 24.0 Å². The minimum Gasteiger partial charge on any atom is -0.464 e. The van der Waals surface area contributed by atoms with Crippen molar-refractivity contribution in [2.75, 3.05) is 17.7 Å². The highest BCUT2D eigenvalue weighted by Gasteiger charge is 2.17. The van der Waals surface area contributed by atoms with Gasteiger partial charge in [-0.05, 0) is 31.2 Å². The molecule has 2 aromatic rings. The molecule has 108 valence electrons. The van der Waals surface area contributed by atoms with Crippen LogP contribution in [-0.4, -0.2) is 15.5 Å². The number of aryl methyl sites for hydroxylation is 1. The third-order valence-electron chi connectivity index (χ3n) is 2.95. The summed E-state index contributed by atoms with van der Waals surface area (Å²) in [6.45, 7) is 2.34. The summed E-state index contributed by atoms with van der Waals surface area (Å²) in [6.07, 6.45) is 0. The molecule has 0 saturated carbocycles. The van der Waals surface area contributed by atoms with Crippen LogP contribution in [0.2, 0.25) is 0 Å². The zero-order valence-electron chi connectivity index (χ0n) is 11.3. The standard InChI is InChI=1S/C13H17N3O3S/c1-9-6-7-10(19-9)8-16(2)11-4-3-5-12(13(11)14)20(15,17)18/h3-7H,8,14H2,1-2H3,(H2,15,17,18). The minimum atomic E-state index is -3.83. The second-order valence-corrected chi connectivity index (χ2v) is 6.13. The molecule has 6 nitrogen and oxygen atoms in total. The molecular weight excluding hydrogens is 278 g/mol. The van der Waals surface area contributed by atoms with Crippen LogP contribution in [0.3, 0.4) is 0 Å². The van der Waals surface area contributed by atoms with Crippen molar-refractivity contribution < 1.29 is 12.8 Å². The van der Waals surface area contributed by atoms with E-state index in [-0.39, 0.29) is 10.6 Å². The maximum atomic E-state index is 11.5. The van der Waals surface area contributed by atoms with E-state index in [9.17, 15) is 8.42 Å². The molecule has 20 heavy (non-hydrogen) atoms. The summed E-state index contributed by atoms with van der Waals surface area (Å²) in [4.78, 5) is 1.74. The quantitative estimate of drug-likeness (QED) is 0.831. The molecule has 0 fully saturated rings. The Balaban J connectivity index is 2.33. The van der Waals surface area contributed by atoms with Gasteiger partial charge in [0.1, 0.15) is 16.4 Å². The number of primary sulfonamides is 1. The van der Waals surface area contributed by atoms with Gasteiger partial charge < -0.3 is 15.1 Å². The van der Waals surface area contributed by atoms with Gasteiger partial charge in [-0.3, -0.25) is 0 Å². The molecule has 0 spiro atoms. The molecule has 0 radical (unpaired) electrons. The first-order valence-electron chi connectivity index (χ1n) is 5.97. The lowest BCUT2D eigenvalue weighted by atomic mass is 10.2. The maximum absolute atomic E-state index is 11.5. The average Bonchev–Trinajstić information content (AvgIpc) is 2.73.